The van der Waals surface area contributed by atoms with Crippen LogP contribution in [0.25, 0.3) is 10.9 Å². The van der Waals surface area contributed by atoms with Crippen LogP contribution in [0.1, 0.15) is 18.9 Å². The van der Waals surface area contributed by atoms with Crippen LogP contribution >= 0.6 is 24.0 Å². The van der Waals surface area contributed by atoms with Gasteiger partial charge in [-0.25, -0.2) is 0 Å². The summed E-state index contributed by atoms with van der Waals surface area (Å²) in [7, 11) is 1.79. The second-order valence-corrected chi connectivity index (χ2v) is 6.98. The number of hydrogen-bond acceptors (Lipinski definition) is 2. The number of para-hydroxylation sites is 1. The summed E-state index contributed by atoms with van der Waals surface area (Å²) < 4.78 is 2.29. The molecule has 160 valence electrons. The molecule has 3 N–H and O–H groups in total. The van der Waals surface area contributed by atoms with E-state index >= 15 is 0 Å². The van der Waals surface area contributed by atoms with Crippen LogP contribution in [-0.4, -0.2) is 36.6 Å². The molecule has 0 saturated heterocycles. The van der Waals surface area contributed by atoms with Crippen LogP contribution in [-0.2, 0) is 17.8 Å². The van der Waals surface area contributed by atoms with Crippen molar-refractivity contribution < 1.29 is 4.79 Å². The van der Waals surface area contributed by atoms with E-state index in [-0.39, 0.29) is 29.9 Å². The van der Waals surface area contributed by atoms with E-state index in [1.165, 1.54) is 23.4 Å². The summed E-state index contributed by atoms with van der Waals surface area (Å²) in [6.45, 7) is 4.13. The average Bonchev–Trinajstić information content (AvgIpc) is 3.14. The van der Waals surface area contributed by atoms with Crippen molar-refractivity contribution in [1.29, 1.82) is 0 Å². The molecule has 0 unspecified atom stereocenters. The van der Waals surface area contributed by atoms with Gasteiger partial charge in [0.15, 0.2) is 5.96 Å². The summed E-state index contributed by atoms with van der Waals surface area (Å²) >= 11 is 0. The number of amides is 1. The van der Waals surface area contributed by atoms with Gasteiger partial charge in [0.2, 0.25) is 5.91 Å². The molecule has 0 fully saturated rings. The molecule has 1 aromatic heterocycles. The van der Waals surface area contributed by atoms with Crippen LogP contribution in [0.5, 0.6) is 0 Å². The number of guanidine groups is 1. The zero-order valence-electron chi connectivity index (χ0n) is 17.5. The van der Waals surface area contributed by atoms with E-state index < -0.39 is 0 Å². The van der Waals surface area contributed by atoms with Crippen LogP contribution in [0, 0.1) is 0 Å². The van der Waals surface area contributed by atoms with Crippen LogP contribution in [0.2, 0.25) is 0 Å². The molecule has 1 amide bonds. The van der Waals surface area contributed by atoms with Gasteiger partial charge in [0, 0.05) is 51.0 Å². The number of carbonyl (C=O) groups excluding carboxylic acids is 1. The molecule has 0 bridgehead atoms. The van der Waals surface area contributed by atoms with E-state index in [1.54, 1.807) is 7.05 Å². The standard InChI is InChI=1S/C23H29N5O.HI/c1-18(29)27-21-10-8-19(9-11-21)12-15-26-23(24-2)25-14-5-16-28-17-13-20-6-3-4-7-22(20)28;/h3-4,6-11,13,17H,5,12,14-16H2,1-2H3,(H,27,29)(H2,24,25,26);1H. The first-order chi connectivity index (χ1) is 14.2. The van der Waals surface area contributed by atoms with Crippen LogP contribution in [0.15, 0.2) is 65.8 Å². The molecule has 0 atom stereocenters. The second-order valence-electron chi connectivity index (χ2n) is 6.98. The van der Waals surface area contributed by atoms with E-state index in [4.69, 9.17) is 0 Å². The third-order valence-corrected chi connectivity index (χ3v) is 4.75. The van der Waals surface area contributed by atoms with Gasteiger partial charge in [0.25, 0.3) is 0 Å². The molecule has 0 spiro atoms. The Kier molecular flexibility index (Phi) is 9.66. The number of fused-ring (bicyclic) bond motifs is 1. The molecule has 0 saturated carbocycles. The molecule has 30 heavy (non-hydrogen) atoms. The fraction of sp³-hybridized carbons (Fsp3) is 0.304. The number of carbonyl (C=O) groups is 1. The van der Waals surface area contributed by atoms with Crippen molar-refractivity contribution in [1.82, 2.24) is 15.2 Å². The molecule has 7 heteroatoms. The van der Waals surface area contributed by atoms with E-state index in [0.717, 1.165) is 44.1 Å². The Bertz CT molecular complexity index is 965. The molecule has 3 rings (SSSR count). The highest BCUT2D eigenvalue weighted by Crippen LogP contribution is 2.15. The Labute approximate surface area is 195 Å². The van der Waals surface area contributed by atoms with Gasteiger partial charge in [-0.1, -0.05) is 30.3 Å². The van der Waals surface area contributed by atoms with Crippen molar-refractivity contribution >= 4 is 52.4 Å². The average molecular weight is 519 g/mol. The molecule has 0 aliphatic carbocycles. The normalized spacial score (nSPS) is 11.1. The first-order valence-corrected chi connectivity index (χ1v) is 10.0. The number of benzene rings is 2. The van der Waals surface area contributed by atoms with Crippen molar-refractivity contribution in [2.75, 3.05) is 25.5 Å². The minimum atomic E-state index is -0.0562. The number of nitrogens with zero attached hydrogens (tertiary/aromatic N) is 2. The molecule has 0 radical (unpaired) electrons. The monoisotopic (exact) mass is 519 g/mol. The predicted octanol–water partition coefficient (Wildman–Crippen LogP) is 4.02. The summed E-state index contributed by atoms with van der Waals surface area (Å²) in [5.74, 6) is 0.761. The van der Waals surface area contributed by atoms with Gasteiger partial charge in [0.05, 0.1) is 0 Å². The lowest BCUT2D eigenvalue weighted by Gasteiger charge is -2.12. The first kappa shape index (κ1) is 23.7. The number of aromatic nitrogens is 1. The quantitative estimate of drug-likeness (QED) is 0.182. The highest BCUT2D eigenvalue weighted by Gasteiger charge is 2.01. The third-order valence-electron chi connectivity index (χ3n) is 4.75. The van der Waals surface area contributed by atoms with Crippen LogP contribution < -0.4 is 16.0 Å². The summed E-state index contributed by atoms with van der Waals surface area (Å²) in [6, 6.07) is 18.5. The highest BCUT2D eigenvalue weighted by molar-refractivity contribution is 14.0. The lowest BCUT2D eigenvalue weighted by atomic mass is 10.1. The van der Waals surface area contributed by atoms with Crippen molar-refractivity contribution in [3.8, 4) is 0 Å². The van der Waals surface area contributed by atoms with Gasteiger partial charge in [0.1, 0.15) is 0 Å². The van der Waals surface area contributed by atoms with Gasteiger partial charge in [-0.2, -0.15) is 0 Å². The summed E-state index contributed by atoms with van der Waals surface area (Å²) in [4.78, 5) is 15.4. The number of aliphatic imine (C=N–C) groups is 1. The van der Waals surface area contributed by atoms with Gasteiger partial charge < -0.3 is 20.5 Å². The van der Waals surface area contributed by atoms with Crippen molar-refractivity contribution in [2.45, 2.75) is 26.3 Å². The fourth-order valence-electron chi connectivity index (χ4n) is 3.30. The Morgan fingerprint density at radius 1 is 1.00 bits per heavy atom. The van der Waals surface area contributed by atoms with E-state index in [0.29, 0.717) is 0 Å². The molecular formula is C23H30IN5O. The molecule has 6 nitrogen and oxygen atoms in total. The Morgan fingerprint density at radius 3 is 2.47 bits per heavy atom. The molecule has 1 heterocycles. The molecule has 3 aromatic rings. The third kappa shape index (κ3) is 7.05. The van der Waals surface area contributed by atoms with E-state index in [2.05, 4.69) is 62.0 Å². The summed E-state index contributed by atoms with van der Waals surface area (Å²) in [5.41, 5.74) is 3.31. The number of nitrogens with one attached hydrogen (secondary N) is 3. The first-order valence-electron chi connectivity index (χ1n) is 10.0. The van der Waals surface area contributed by atoms with E-state index in [1.807, 2.05) is 24.3 Å². The van der Waals surface area contributed by atoms with Crippen molar-refractivity contribution in [3.63, 3.8) is 0 Å². The summed E-state index contributed by atoms with van der Waals surface area (Å²) in [5, 5.41) is 10.8. The van der Waals surface area contributed by atoms with Gasteiger partial charge in [-0.15, -0.1) is 24.0 Å². The van der Waals surface area contributed by atoms with Crippen LogP contribution in [0.3, 0.4) is 0 Å². The zero-order valence-corrected chi connectivity index (χ0v) is 19.9. The minimum Gasteiger partial charge on any atom is -0.356 e. The number of hydrogen-bond donors (Lipinski definition) is 3. The van der Waals surface area contributed by atoms with Crippen molar-refractivity contribution in [3.05, 3.63) is 66.4 Å². The largest absolute Gasteiger partial charge is 0.356 e. The van der Waals surface area contributed by atoms with Gasteiger partial charge in [-0.3, -0.25) is 9.79 Å². The number of halogens is 1. The maximum Gasteiger partial charge on any atom is 0.221 e. The number of aryl methyl sites for hydroxylation is 1. The zero-order chi connectivity index (χ0) is 20.5. The maximum absolute atomic E-state index is 11.1. The number of anilines is 1. The maximum atomic E-state index is 11.1. The molecule has 0 aliphatic rings. The number of rotatable bonds is 8. The lowest BCUT2D eigenvalue weighted by Crippen LogP contribution is -2.38. The van der Waals surface area contributed by atoms with Crippen LogP contribution in [0.4, 0.5) is 5.69 Å². The smallest absolute Gasteiger partial charge is 0.221 e. The van der Waals surface area contributed by atoms with Crippen molar-refractivity contribution in [2.24, 2.45) is 4.99 Å². The second kappa shape index (κ2) is 12.2. The topological polar surface area (TPSA) is 70.5 Å². The molecule has 0 aliphatic heterocycles. The predicted molar refractivity (Wildman–Crippen MR) is 136 cm³/mol. The van der Waals surface area contributed by atoms with Gasteiger partial charge >= 0.3 is 0 Å². The Hall–Kier alpha value is -2.55. The lowest BCUT2D eigenvalue weighted by molar-refractivity contribution is -0.114. The van der Waals surface area contributed by atoms with Gasteiger partial charge in [-0.05, 0) is 48.1 Å². The van der Waals surface area contributed by atoms with E-state index in [9.17, 15) is 4.79 Å². The fourth-order valence-corrected chi connectivity index (χ4v) is 3.30. The summed E-state index contributed by atoms with van der Waals surface area (Å²) in [6.07, 6.45) is 4.05. The Balaban J connectivity index is 0.00000320. The molecule has 2 aromatic carbocycles. The SMILES string of the molecule is CN=C(NCCCn1ccc2ccccc21)NCCc1ccc(NC(C)=O)cc1.I. The highest BCUT2D eigenvalue weighted by atomic mass is 127. The Morgan fingerprint density at radius 2 is 1.73 bits per heavy atom. The molecular weight excluding hydrogens is 489 g/mol. The minimum absolute atomic E-state index is 0.